The number of pyridine rings is 1. The van der Waals surface area contributed by atoms with Crippen molar-refractivity contribution < 1.29 is 14.6 Å². The zero-order chi connectivity index (χ0) is 16.4. The second kappa shape index (κ2) is 6.12. The van der Waals surface area contributed by atoms with Crippen LogP contribution in [0.1, 0.15) is 22.5 Å². The molecule has 0 atom stereocenters. The molecule has 23 heavy (non-hydrogen) atoms. The Morgan fingerprint density at radius 1 is 1.26 bits per heavy atom. The number of aromatic nitrogens is 2. The number of ether oxygens (including phenoxy) is 1. The lowest BCUT2D eigenvalue weighted by Gasteiger charge is -2.04. The zero-order valence-corrected chi connectivity index (χ0v) is 13.1. The predicted octanol–water partition coefficient (Wildman–Crippen LogP) is 2.87. The zero-order valence-electron chi connectivity index (χ0n) is 13.1. The number of carbonyl (C=O) groups is 1. The fourth-order valence-electron chi connectivity index (χ4n) is 2.67. The molecule has 0 aliphatic rings. The number of hydrogen-bond donors (Lipinski definition) is 1. The van der Waals surface area contributed by atoms with Crippen LogP contribution in [0.3, 0.4) is 0 Å². The Balaban J connectivity index is 2.10. The number of methoxy groups -OCH3 is 1. The molecule has 0 aliphatic carbocycles. The van der Waals surface area contributed by atoms with Gasteiger partial charge >= 0.3 is 5.97 Å². The molecule has 0 saturated carbocycles. The predicted molar refractivity (Wildman–Crippen MR) is 87.1 cm³/mol. The van der Waals surface area contributed by atoms with Crippen LogP contribution in [0.25, 0.3) is 5.65 Å². The normalized spacial score (nSPS) is 10.9. The van der Waals surface area contributed by atoms with Crippen LogP contribution < -0.4 is 4.74 Å². The average Bonchev–Trinajstić information content (AvgIpc) is 2.87. The lowest BCUT2D eigenvalue weighted by Crippen LogP contribution is -2.06. The molecule has 1 N–H and O–H groups in total. The number of carboxylic acids is 1. The Bertz CT molecular complexity index is 851. The Morgan fingerprint density at radius 2 is 2.00 bits per heavy atom. The Morgan fingerprint density at radius 3 is 2.65 bits per heavy atom. The number of hydrogen-bond acceptors (Lipinski definition) is 3. The summed E-state index contributed by atoms with van der Waals surface area (Å²) in [6.07, 6.45) is 2.34. The molecule has 2 aromatic heterocycles. The molecule has 0 aliphatic heterocycles. The van der Waals surface area contributed by atoms with Crippen molar-refractivity contribution in [3.63, 3.8) is 0 Å². The summed E-state index contributed by atoms with van der Waals surface area (Å²) in [6, 6.07) is 11.8. The molecular formula is C18H18N2O3. The standard InChI is InChI=1S/C18H18N2O3/c1-12-5-7-13(8-6-12)10-14-15(11-17(21)22)20-9-3-4-16(23-2)18(20)19-14/h3-9H,10-11H2,1-2H3,(H,21,22). The molecule has 5 heteroatoms. The third-order valence-corrected chi connectivity index (χ3v) is 3.83. The van der Waals surface area contributed by atoms with Gasteiger partial charge in [-0.15, -0.1) is 0 Å². The van der Waals surface area contributed by atoms with E-state index in [2.05, 4.69) is 4.98 Å². The van der Waals surface area contributed by atoms with Gasteiger partial charge in [0.05, 0.1) is 24.9 Å². The number of carboxylic acid groups (broad SMARTS) is 1. The van der Waals surface area contributed by atoms with Crippen LogP contribution in [-0.4, -0.2) is 27.6 Å². The highest BCUT2D eigenvalue weighted by Gasteiger charge is 2.17. The van der Waals surface area contributed by atoms with Gasteiger partial charge in [0.2, 0.25) is 0 Å². The number of nitrogens with zero attached hydrogens (tertiary/aromatic N) is 2. The lowest BCUT2D eigenvalue weighted by atomic mass is 10.1. The fraction of sp³-hybridized carbons (Fsp3) is 0.222. The van der Waals surface area contributed by atoms with Gasteiger partial charge in [-0.05, 0) is 24.6 Å². The van der Waals surface area contributed by atoms with Crippen LogP contribution in [0.5, 0.6) is 5.75 Å². The van der Waals surface area contributed by atoms with Crippen LogP contribution in [0, 0.1) is 6.92 Å². The maximum absolute atomic E-state index is 11.2. The molecule has 0 spiro atoms. The van der Waals surface area contributed by atoms with Gasteiger partial charge in [-0.25, -0.2) is 4.98 Å². The smallest absolute Gasteiger partial charge is 0.309 e. The number of aryl methyl sites for hydroxylation is 1. The highest BCUT2D eigenvalue weighted by Crippen LogP contribution is 2.24. The first kappa shape index (κ1) is 15.1. The summed E-state index contributed by atoms with van der Waals surface area (Å²) >= 11 is 0. The first-order valence-corrected chi connectivity index (χ1v) is 7.38. The minimum Gasteiger partial charge on any atom is -0.493 e. The average molecular weight is 310 g/mol. The van der Waals surface area contributed by atoms with E-state index in [1.807, 2.05) is 49.5 Å². The summed E-state index contributed by atoms with van der Waals surface area (Å²) in [5.41, 5.74) is 4.39. The van der Waals surface area contributed by atoms with Gasteiger partial charge in [-0.1, -0.05) is 29.8 Å². The monoisotopic (exact) mass is 310 g/mol. The molecule has 118 valence electrons. The minimum absolute atomic E-state index is 0.0739. The minimum atomic E-state index is -0.875. The quantitative estimate of drug-likeness (QED) is 0.787. The van der Waals surface area contributed by atoms with E-state index in [0.717, 1.165) is 11.3 Å². The molecule has 0 fully saturated rings. The van der Waals surface area contributed by atoms with Crippen molar-refractivity contribution in [3.05, 3.63) is 65.1 Å². The van der Waals surface area contributed by atoms with E-state index in [0.29, 0.717) is 23.5 Å². The molecule has 0 amide bonds. The van der Waals surface area contributed by atoms with Crippen molar-refractivity contribution in [2.75, 3.05) is 7.11 Å². The van der Waals surface area contributed by atoms with Crippen LogP contribution in [0.2, 0.25) is 0 Å². The van der Waals surface area contributed by atoms with Crippen LogP contribution >= 0.6 is 0 Å². The van der Waals surface area contributed by atoms with Crippen LogP contribution in [0.4, 0.5) is 0 Å². The summed E-state index contributed by atoms with van der Waals surface area (Å²) in [5.74, 6) is -0.242. The molecule has 1 aromatic carbocycles. The molecule has 0 bridgehead atoms. The number of aliphatic carboxylic acids is 1. The van der Waals surface area contributed by atoms with E-state index in [1.165, 1.54) is 5.56 Å². The molecule has 5 nitrogen and oxygen atoms in total. The maximum Gasteiger partial charge on any atom is 0.309 e. The summed E-state index contributed by atoms with van der Waals surface area (Å²) in [6.45, 7) is 2.04. The number of benzene rings is 1. The maximum atomic E-state index is 11.2. The van der Waals surface area contributed by atoms with Crippen molar-refractivity contribution in [2.45, 2.75) is 19.8 Å². The Hall–Kier alpha value is -2.82. The summed E-state index contributed by atoms with van der Waals surface area (Å²) in [5, 5.41) is 9.23. The highest BCUT2D eigenvalue weighted by atomic mass is 16.5. The van der Waals surface area contributed by atoms with E-state index in [1.54, 1.807) is 11.5 Å². The summed E-state index contributed by atoms with van der Waals surface area (Å²) in [7, 11) is 1.58. The van der Waals surface area contributed by atoms with Crippen molar-refractivity contribution in [1.29, 1.82) is 0 Å². The Kier molecular flexibility index (Phi) is 4.02. The van der Waals surface area contributed by atoms with Gasteiger partial charge in [-0.2, -0.15) is 0 Å². The van der Waals surface area contributed by atoms with E-state index in [9.17, 15) is 9.90 Å². The number of imidazole rings is 1. The third kappa shape index (κ3) is 3.04. The molecule has 3 rings (SSSR count). The third-order valence-electron chi connectivity index (χ3n) is 3.83. The highest BCUT2D eigenvalue weighted by molar-refractivity contribution is 5.71. The SMILES string of the molecule is COc1cccn2c(CC(=O)O)c(Cc3ccc(C)cc3)nc12. The second-order valence-electron chi connectivity index (χ2n) is 5.51. The Labute approximate surface area is 134 Å². The molecule has 0 radical (unpaired) electrons. The summed E-state index contributed by atoms with van der Waals surface area (Å²) < 4.78 is 7.14. The van der Waals surface area contributed by atoms with E-state index in [4.69, 9.17) is 4.74 Å². The second-order valence-corrected chi connectivity index (χ2v) is 5.51. The number of rotatable bonds is 5. The van der Waals surface area contributed by atoms with Gasteiger partial charge < -0.3 is 14.2 Å². The van der Waals surface area contributed by atoms with Gasteiger partial charge in [0.25, 0.3) is 0 Å². The van der Waals surface area contributed by atoms with E-state index in [-0.39, 0.29) is 6.42 Å². The molecule has 2 heterocycles. The first-order valence-electron chi connectivity index (χ1n) is 7.38. The van der Waals surface area contributed by atoms with Crippen molar-refractivity contribution in [3.8, 4) is 5.75 Å². The number of fused-ring (bicyclic) bond motifs is 1. The lowest BCUT2D eigenvalue weighted by molar-refractivity contribution is -0.136. The van der Waals surface area contributed by atoms with E-state index < -0.39 is 5.97 Å². The molecular weight excluding hydrogens is 292 g/mol. The van der Waals surface area contributed by atoms with Crippen molar-refractivity contribution >= 4 is 11.6 Å². The summed E-state index contributed by atoms with van der Waals surface area (Å²) in [4.78, 5) is 15.9. The van der Waals surface area contributed by atoms with Gasteiger partial charge in [0.1, 0.15) is 0 Å². The van der Waals surface area contributed by atoms with Crippen LogP contribution in [0.15, 0.2) is 42.6 Å². The van der Waals surface area contributed by atoms with Gasteiger partial charge in [-0.3, -0.25) is 4.79 Å². The van der Waals surface area contributed by atoms with Gasteiger partial charge in [0, 0.05) is 12.6 Å². The molecule has 3 aromatic rings. The van der Waals surface area contributed by atoms with E-state index >= 15 is 0 Å². The topological polar surface area (TPSA) is 63.8 Å². The molecule has 0 saturated heterocycles. The van der Waals surface area contributed by atoms with Crippen LogP contribution in [-0.2, 0) is 17.6 Å². The first-order chi connectivity index (χ1) is 11.1. The fourth-order valence-corrected chi connectivity index (χ4v) is 2.67. The molecule has 0 unspecified atom stereocenters. The van der Waals surface area contributed by atoms with Gasteiger partial charge in [0.15, 0.2) is 11.4 Å². The van der Waals surface area contributed by atoms with Crippen molar-refractivity contribution in [1.82, 2.24) is 9.38 Å². The van der Waals surface area contributed by atoms with Crippen molar-refractivity contribution in [2.24, 2.45) is 0 Å². The largest absolute Gasteiger partial charge is 0.493 e.